The summed E-state index contributed by atoms with van der Waals surface area (Å²) in [6, 6.07) is 39.2. The van der Waals surface area contributed by atoms with Crippen molar-refractivity contribution in [1.82, 2.24) is 0 Å². The maximum Gasteiger partial charge on any atom is -0.0253 e. The van der Waals surface area contributed by atoms with Crippen LogP contribution in [0.25, 0.3) is 11.1 Å². The van der Waals surface area contributed by atoms with Crippen LogP contribution in [0.5, 0.6) is 0 Å². The first-order valence-electron chi connectivity index (χ1n) is 12.5. The van der Waals surface area contributed by atoms with Crippen LogP contribution in [0.1, 0.15) is 49.4 Å². The summed E-state index contributed by atoms with van der Waals surface area (Å²) in [5.41, 5.74) is 9.82. The van der Waals surface area contributed by atoms with Gasteiger partial charge in [0.05, 0.1) is 0 Å². The summed E-state index contributed by atoms with van der Waals surface area (Å²) in [7, 11) is 0. The molecule has 0 saturated heterocycles. The first kappa shape index (κ1) is 31.9. The second-order valence-corrected chi connectivity index (χ2v) is 11.2. The van der Waals surface area contributed by atoms with Crippen molar-refractivity contribution >= 4 is 3.21 Å². The quantitative estimate of drug-likeness (QED) is 0.269. The van der Waals surface area contributed by atoms with Gasteiger partial charge in [-0.1, -0.05) is 56.2 Å². The van der Waals surface area contributed by atoms with Crippen molar-refractivity contribution in [1.29, 1.82) is 0 Å². The van der Waals surface area contributed by atoms with E-state index in [1.54, 1.807) is 0 Å². The van der Waals surface area contributed by atoms with E-state index < -0.39 is 0 Å². The second kappa shape index (κ2) is 15.3. The Morgan fingerprint density at radius 2 is 1.26 bits per heavy atom. The monoisotopic (exact) mass is 612 g/mol. The van der Waals surface area contributed by atoms with Crippen LogP contribution in [0.4, 0.5) is 0 Å². The topological polar surface area (TPSA) is 0 Å². The van der Waals surface area contributed by atoms with Gasteiger partial charge in [0, 0.05) is 0 Å². The molecular formula is C35H32Cl2Zr-2. The fourth-order valence-electron chi connectivity index (χ4n) is 4.29. The Morgan fingerprint density at radius 1 is 0.711 bits per heavy atom. The van der Waals surface area contributed by atoms with Gasteiger partial charge in [0.1, 0.15) is 0 Å². The van der Waals surface area contributed by atoms with Crippen molar-refractivity contribution < 1.29 is 49.0 Å². The molecule has 2 aliphatic rings. The van der Waals surface area contributed by atoms with Crippen molar-refractivity contribution in [2.75, 3.05) is 0 Å². The number of hydrogen-bond donors (Lipinski definition) is 0. The molecule has 0 fully saturated rings. The molecule has 38 heavy (non-hydrogen) atoms. The molecule has 3 heteroatoms. The van der Waals surface area contributed by atoms with Gasteiger partial charge in [-0.3, -0.25) is 6.08 Å². The average molecular weight is 615 g/mol. The molecule has 0 unspecified atom stereocenters. The van der Waals surface area contributed by atoms with E-state index in [1.807, 2.05) is 6.07 Å². The molecule has 0 atom stereocenters. The van der Waals surface area contributed by atoms with E-state index in [0.717, 1.165) is 12.8 Å². The van der Waals surface area contributed by atoms with E-state index in [2.05, 4.69) is 142 Å². The van der Waals surface area contributed by atoms with Gasteiger partial charge in [0.15, 0.2) is 0 Å². The fraction of sp³-hybridized carbons (Fsp3) is 0.171. The SMILES string of the molecule is CC(C)(C)C1=[C-]CC=C1.[Cl-].[Cl-].[Zr+2]=[C](c1ccccc1)c1ccccc1.[c-]1cccc2c1Cc1ccccc1-2. The number of allylic oxidation sites excluding steroid dienone is 4. The Kier molecular flexibility index (Phi) is 12.9. The van der Waals surface area contributed by atoms with Crippen molar-refractivity contribution in [3.8, 4) is 11.1 Å². The minimum Gasteiger partial charge on any atom is -0.179 e. The zero-order valence-electron chi connectivity index (χ0n) is 22.1. The molecule has 0 spiro atoms. The molecule has 0 aromatic heterocycles. The van der Waals surface area contributed by atoms with Crippen LogP contribution in [-0.4, -0.2) is 3.21 Å². The van der Waals surface area contributed by atoms with E-state index in [4.69, 9.17) is 0 Å². The van der Waals surface area contributed by atoms with Gasteiger partial charge in [0.2, 0.25) is 0 Å². The molecule has 0 bridgehead atoms. The predicted molar refractivity (Wildman–Crippen MR) is 150 cm³/mol. The third kappa shape index (κ3) is 8.60. The van der Waals surface area contributed by atoms with Crippen molar-refractivity contribution in [2.45, 2.75) is 33.6 Å². The Bertz CT molecular complexity index is 1280. The first-order chi connectivity index (χ1) is 17.4. The Labute approximate surface area is 256 Å². The Morgan fingerprint density at radius 3 is 1.79 bits per heavy atom. The van der Waals surface area contributed by atoms with Crippen LogP contribution < -0.4 is 24.8 Å². The third-order valence-corrected chi connectivity index (χ3v) is 7.66. The zero-order chi connectivity index (χ0) is 25.4. The van der Waals surface area contributed by atoms with Crippen LogP contribution in [0.15, 0.2) is 121 Å². The summed E-state index contributed by atoms with van der Waals surface area (Å²) in [4.78, 5) is 0. The second-order valence-electron chi connectivity index (χ2n) is 9.95. The number of hydrogen-bond acceptors (Lipinski definition) is 0. The van der Waals surface area contributed by atoms with Crippen LogP contribution in [0.3, 0.4) is 0 Å². The van der Waals surface area contributed by atoms with Gasteiger partial charge in [-0.2, -0.15) is 35.9 Å². The maximum atomic E-state index is 3.30. The largest absolute Gasteiger partial charge is 0.179 e. The van der Waals surface area contributed by atoms with E-state index in [1.165, 1.54) is 66.4 Å². The minimum absolute atomic E-state index is 0. The van der Waals surface area contributed by atoms with Crippen LogP contribution in [0.2, 0.25) is 0 Å². The maximum absolute atomic E-state index is 3.30. The van der Waals surface area contributed by atoms with Crippen LogP contribution in [-0.2, 0) is 30.7 Å². The van der Waals surface area contributed by atoms with E-state index in [-0.39, 0.29) is 24.8 Å². The van der Waals surface area contributed by atoms with Crippen LogP contribution in [0, 0.1) is 17.6 Å². The third-order valence-electron chi connectivity index (χ3n) is 6.24. The molecule has 0 radical (unpaired) electrons. The zero-order valence-corrected chi connectivity index (χ0v) is 26.1. The smallest absolute Gasteiger partial charge is 0.0253 e. The summed E-state index contributed by atoms with van der Waals surface area (Å²) in [6.45, 7) is 6.64. The molecule has 192 valence electrons. The number of rotatable bonds is 2. The predicted octanol–water partition coefficient (Wildman–Crippen LogP) is 2.59. The number of halogens is 2. The van der Waals surface area contributed by atoms with Crippen molar-refractivity contribution in [3.63, 3.8) is 0 Å². The minimum atomic E-state index is 0. The summed E-state index contributed by atoms with van der Waals surface area (Å²) in [6.07, 6.45) is 9.68. The molecule has 0 heterocycles. The van der Waals surface area contributed by atoms with Crippen molar-refractivity contribution in [3.05, 3.63) is 155 Å². The molecule has 0 amide bonds. The molecule has 0 aliphatic heterocycles. The van der Waals surface area contributed by atoms with E-state index in [9.17, 15) is 0 Å². The molecule has 4 aromatic rings. The van der Waals surface area contributed by atoms with Gasteiger partial charge in [-0.25, -0.2) is 11.6 Å². The van der Waals surface area contributed by atoms with E-state index in [0.29, 0.717) is 5.41 Å². The molecular weight excluding hydrogens is 583 g/mol. The van der Waals surface area contributed by atoms with Gasteiger partial charge in [0.25, 0.3) is 0 Å². The van der Waals surface area contributed by atoms with Gasteiger partial charge < -0.3 is 24.8 Å². The molecule has 0 N–H and O–H groups in total. The van der Waals surface area contributed by atoms with Crippen molar-refractivity contribution in [2.24, 2.45) is 5.41 Å². The van der Waals surface area contributed by atoms with Crippen LogP contribution >= 0.6 is 0 Å². The number of benzene rings is 4. The first-order valence-corrected chi connectivity index (χ1v) is 13.7. The molecule has 6 rings (SSSR count). The fourth-order valence-corrected chi connectivity index (χ4v) is 5.11. The molecule has 0 saturated carbocycles. The van der Waals surface area contributed by atoms with Gasteiger partial charge in [-0.15, -0.1) is 12.0 Å². The number of fused-ring (bicyclic) bond motifs is 3. The average Bonchev–Trinajstić information content (AvgIpc) is 3.59. The summed E-state index contributed by atoms with van der Waals surface area (Å²) in [5, 5.41) is 0. The van der Waals surface area contributed by atoms with Gasteiger partial charge in [-0.05, 0) is 11.8 Å². The van der Waals surface area contributed by atoms with E-state index >= 15 is 0 Å². The normalized spacial score (nSPS) is 12.2. The molecule has 2 aliphatic carbocycles. The summed E-state index contributed by atoms with van der Waals surface area (Å²) < 4.78 is 1.42. The summed E-state index contributed by atoms with van der Waals surface area (Å²) in [5.74, 6) is 0. The molecule has 4 aromatic carbocycles. The van der Waals surface area contributed by atoms with Gasteiger partial charge >= 0.3 is 99.2 Å². The molecule has 0 nitrogen and oxygen atoms in total. The Hall–Kier alpha value is -2.31. The standard InChI is InChI=1S/C13H9.C13H10.C9H13.2ClH.Zr/c1-3-7-12-10(5-1)9-11-6-2-4-8-13(11)12;1-3-7-12(8-4-1)11-13-9-5-2-6-10-13;1-9(2,3)8-6-4-5-7-8;;;/h1-5,7-8H,9H2;1-10H;4,6H,5H2,1-3H3;2*1H;/q-1;;-1;;;+2/p-2. The summed E-state index contributed by atoms with van der Waals surface area (Å²) >= 11 is 1.46. The Balaban J connectivity index is 0.000000200.